The molecule has 1 atom stereocenters. The Kier molecular flexibility index (Phi) is 10.2. The van der Waals surface area contributed by atoms with Crippen molar-refractivity contribution in [2.45, 2.75) is 52.2 Å². The molecular weight excluding hydrogens is 625 g/mol. The molecule has 3 aromatic rings. The van der Waals surface area contributed by atoms with Gasteiger partial charge in [0, 0.05) is 22.1 Å². The van der Waals surface area contributed by atoms with Crippen LogP contribution in [-0.2, 0) is 32.6 Å². The van der Waals surface area contributed by atoms with Gasteiger partial charge in [-0.2, -0.15) is 0 Å². The van der Waals surface area contributed by atoms with Gasteiger partial charge in [0.15, 0.2) is 0 Å². The highest BCUT2D eigenvalue weighted by molar-refractivity contribution is 14.1. The Labute approximate surface area is 245 Å². The molecule has 0 radical (unpaired) electrons. The van der Waals surface area contributed by atoms with Crippen LogP contribution in [0.25, 0.3) is 0 Å². The molecule has 0 unspecified atom stereocenters. The van der Waals surface area contributed by atoms with Crippen LogP contribution in [0.3, 0.4) is 0 Å². The van der Waals surface area contributed by atoms with Gasteiger partial charge in [-0.15, -0.1) is 0 Å². The summed E-state index contributed by atoms with van der Waals surface area (Å²) >= 11 is 2.14. The number of benzene rings is 3. The van der Waals surface area contributed by atoms with Crippen molar-refractivity contribution in [3.05, 3.63) is 99.1 Å². The molecule has 0 saturated heterocycles. The highest BCUT2D eigenvalue weighted by Crippen LogP contribution is 2.22. The molecule has 7 nitrogen and oxygen atoms in total. The normalized spacial score (nSPS) is 12.5. The number of carbonyl (C=O) groups is 2. The summed E-state index contributed by atoms with van der Waals surface area (Å²) in [5.74, 6) is -0.767. The highest BCUT2D eigenvalue weighted by Gasteiger charge is 2.34. The molecule has 1 N–H and O–H groups in total. The van der Waals surface area contributed by atoms with Crippen LogP contribution in [-0.4, -0.2) is 49.5 Å². The summed E-state index contributed by atoms with van der Waals surface area (Å²) in [7, 11) is -3.79. The van der Waals surface area contributed by atoms with E-state index in [0.29, 0.717) is 5.69 Å². The zero-order valence-corrected chi connectivity index (χ0v) is 26.0. The lowest BCUT2D eigenvalue weighted by Crippen LogP contribution is -2.56. The van der Waals surface area contributed by atoms with Crippen molar-refractivity contribution in [1.82, 2.24) is 10.2 Å². The van der Waals surface area contributed by atoms with Crippen molar-refractivity contribution < 1.29 is 18.0 Å². The minimum Gasteiger partial charge on any atom is -0.350 e. The van der Waals surface area contributed by atoms with Gasteiger partial charge in [0.1, 0.15) is 12.6 Å². The van der Waals surface area contributed by atoms with Gasteiger partial charge in [0.25, 0.3) is 0 Å². The van der Waals surface area contributed by atoms with Crippen LogP contribution in [0.2, 0.25) is 0 Å². The van der Waals surface area contributed by atoms with Gasteiger partial charge < -0.3 is 10.2 Å². The van der Waals surface area contributed by atoms with Crippen molar-refractivity contribution in [2.24, 2.45) is 0 Å². The highest BCUT2D eigenvalue weighted by atomic mass is 127. The summed E-state index contributed by atoms with van der Waals surface area (Å²) in [6, 6.07) is 23.3. The predicted octanol–water partition coefficient (Wildman–Crippen LogP) is 4.92. The Bertz CT molecular complexity index is 1370. The monoisotopic (exact) mass is 661 g/mol. The first-order chi connectivity index (χ1) is 18.2. The van der Waals surface area contributed by atoms with Crippen LogP contribution in [0.5, 0.6) is 0 Å². The maximum absolute atomic E-state index is 14.1. The van der Waals surface area contributed by atoms with Gasteiger partial charge in [0.05, 0.1) is 11.9 Å². The summed E-state index contributed by atoms with van der Waals surface area (Å²) in [4.78, 5) is 29.3. The van der Waals surface area contributed by atoms with Crippen molar-refractivity contribution in [3.63, 3.8) is 0 Å². The molecule has 3 rings (SSSR count). The second-order valence-corrected chi connectivity index (χ2v) is 13.9. The van der Waals surface area contributed by atoms with Crippen LogP contribution in [0.1, 0.15) is 37.5 Å². The van der Waals surface area contributed by atoms with Crippen LogP contribution in [0, 0.1) is 10.5 Å². The predicted molar refractivity (Wildman–Crippen MR) is 165 cm³/mol. The maximum Gasteiger partial charge on any atom is 0.244 e. The topological polar surface area (TPSA) is 86.8 Å². The number of halogens is 1. The van der Waals surface area contributed by atoms with Gasteiger partial charge >= 0.3 is 0 Å². The Hall–Kier alpha value is -2.92. The first-order valence-electron chi connectivity index (χ1n) is 12.7. The third kappa shape index (κ3) is 9.35. The minimum absolute atomic E-state index is 0.151. The van der Waals surface area contributed by atoms with Crippen LogP contribution < -0.4 is 9.62 Å². The molecule has 2 amide bonds. The Morgan fingerprint density at radius 2 is 1.49 bits per heavy atom. The number of sulfonamides is 1. The number of nitrogens with one attached hydrogen (secondary N) is 1. The lowest BCUT2D eigenvalue weighted by molar-refractivity contribution is -0.140. The minimum atomic E-state index is -3.79. The van der Waals surface area contributed by atoms with E-state index in [-0.39, 0.29) is 18.9 Å². The van der Waals surface area contributed by atoms with E-state index < -0.39 is 34.1 Å². The smallest absolute Gasteiger partial charge is 0.244 e. The summed E-state index contributed by atoms with van der Waals surface area (Å²) in [6.45, 7) is 7.36. The molecule has 0 aliphatic heterocycles. The number of rotatable bonds is 10. The second-order valence-electron chi connectivity index (χ2n) is 10.7. The fourth-order valence-corrected chi connectivity index (χ4v) is 5.33. The van der Waals surface area contributed by atoms with Gasteiger partial charge in [-0.1, -0.05) is 60.2 Å². The number of hydrogen-bond acceptors (Lipinski definition) is 4. The lowest BCUT2D eigenvalue weighted by Gasteiger charge is -2.35. The second kappa shape index (κ2) is 13.0. The van der Waals surface area contributed by atoms with Gasteiger partial charge in [-0.05, 0) is 85.7 Å². The third-order valence-electron chi connectivity index (χ3n) is 6.04. The van der Waals surface area contributed by atoms with E-state index in [9.17, 15) is 18.0 Å². The fourth-order valence-electron chi connectivity index (χ4n) is 4.12. The average molecular weight is 662 g/mol. The van der Waals surface area contributed by atoms with E-state index in [1.165, 1.54) is 4.90 Å². The number of anilines is 1. The Morgan fingerprint density at radius 1 is 0.897 bits per heavy atom. The molecule has 0 spiro atoms. The van der Waals surface area contributed by atoms with E-state index >= 15 is 0 Å². The van der Waals surface area contributed by atoms with Gasteiger partial charge in [0.2, 0.25) is 21.8 Å². The van der Waals surface area contributed by atoms with Crippen molar-refractivity contribution in [3.8, 4) is 0 Å². The average Bonchev–Trinajstić information content (AvgIpc) is 2.85. The van der Waals surface area contributed by atoms with E-state index in [4.69, 9.17) is 0 Å². The number of amides is 2. The summed E-state index contributed by atoms with van der Waals surface area (Å²) in [5, 5.41) is 3.03. The number of hydrogen-bond donors (Lipinski definition) is 1. The molecule has 208 valence electrons. The van der Waals surface area contributed by atoms with Crippen molar-refractivity contribution in [1.29, 1.82) is 0 Å². The van der Waals surface area contributed by atoms with E-state index in [1.54, 1.807) is 24.3 Å². The van der Waals surface area contributed by atoms with Crippen LogP contribution in [0.15, 0.2) is 78.9 Å². The molecule has 9 heteroatoms. The maximum atomic E-state index is 14.1. The lowest BCUT2D eigenvalue weighted by atomic mass is 10.0. The molecule has 3 aromatic carbocycles. The van der Waals surface area contributed by atoms with E-state index in [1.807, 2.05) is 82.3 Å². The van der Waals surface area contributed by atoms with E-state index in [0.717, 1.165) is 30.8 Å². The van der Waals surface area contributed by atoms with Crippen molar-refractivity contribution in [2.75, 3.05) is 17.1 Å². The van der Waals surface area contributed by atoms with Gasteiger partial charge in [-0.25, -0.2) is 8.42 Å². The SMILES string of the molecule is Cc1ccc(CN(C(=O)CN(c2ccc(I)cc2)S(C)(=O)=O)[C@@H](Cc2ccccc2)C(=O)NC(C)(C)C)cc1. The zero-order chi connectivity index (χ0) is 28.8. The number of aryl methyl sites for hydroxylation is 1. The molecule has 0 aliphatic carbocycles. The molecule has 0 bridgehead atoms. The van der Waals surface area contributed by atoms with E-state index in [2.05, 4.69) is 27.9 Å². The number of carbonyl (C=O) groups excluding carboxylic acids is 2. The third-order valence-corrected chi connectivity index (χ3v) is 7.90. The first kappa shape index (κ1) is 30.6. The summed E-state index contributed by atoms with van der Waals surface area (Å²) < 4.78 is 27.7. The van der Waals surface area contributed by atoms with Crippen molar-refractivity contribution >= 4 is 50.1 Å². The summed E-state index contributed by atoms with van der Waals surface area (Å²) in [5.41, 5.74) is 2.68. The molecule has 0 heterocycles. The van der Waals surface area contributed by atoms with Crippen LogP contribution in [0.4, 0.5) is 5.69 Å². The standard InChI is InChI=1S/C30H36IN3O4S/c1-22-11-13-24(14-12-22)20-33(27(29(36)32-30(2,3)4)19-23-9-7-6-8-10-23)28(35)21-34(39(5,37)38)26-17-15-25(31)16-18-26/h6-18,27H,19-21H2,1-5H3,(H,32,36)/t27-/m0/s1. The van der Waals surface area contributed by atoms with Crippen LogP contribution >= 0.6 is 22.6 Å². The first-order valence-corrected chi connectivity index (χ1v) is 15.6. The Balaban J connectivity index is 2.06. The molecule has 0 aliphatic rings. The van der Waals surface area contributed by atoms with Gasteiger partial charge in [-0.3, -0.25) is 13.9 Å². The Morgan fingerprint density at radius 3 is 2.03 bits per heavy atom. The molecule has 0 saturated carbocycles. The molecule has 0 aromatic heterocycles. The number of nitrogens with zero attached hydrogens (tertiary/aromatic N) is 2. The summed E-state index contributed by atoms with van der Waals surface area (Å²) in [6.07, 6.45) is 1.36. The zero-order valence-electron chi connectivity index (χ0n) is 23.0. The molecular formula is C30H36IN3O4S. The largest absolute Gasteiger partial charge is 0.350 e. The quantitative estimate of drug-likeness (QED) is 0.313. The fraction of sp³-hybridized carbons (Fsp3) is 0.333. The molecule has 39 heavy (non-hydrogen) atoms. The molecule has 0 fully saturated rings.